The summed E-state index contributed by atoms with van der Waals surface area (Å²) in [5.74, 6) is -0.414. The highest BCUT2D eigenvalue weighted by Gasteiger charge is 2.30. The molecule has 0 spiro atoms. The van der Waals surface area contributed by atoms with Crippen molar-refractivity contribution >= 4 is 17.3 Å². The minimum absolute atomic E-state index is 0.236. The van der Waals surface area contributed by atoms with Gasteiger partial charge in [-0.1, -0.05) is 18.2 Å². The van der Waals surface area contributed by atoms with Gasteiger partial charge in [-0.25, -0.2) is 5.06 Å². The Bertz CT molecular complexity index is 702. The van der Waals surface area contributed by atoms with Crippen LogP contribution < -0.4 is 5.32 Å². The van der Waals surface area contributed by atoms with Gasteiger partial charge in [0.05, 0.1) is 23.9 Å². The number of carbonyl (C=O) groups excluding carboxylic acids is 1. The monoisotopic (exact) mass is 324 g/mol. The van der Waals surface area contributed by atoms with E-state index in [9.17, 15) is 18.0 Å². The fraction of sp³-hybridized carbons (Fsp3) is 0.188. The number of benzene rings is 2. The molecule has 0 heterocycles. The molecule has 0 saturated carbocycles. The smallest absolute Gasteiger partial charge is 0.355 e. The van der Waals surface area contributed by atoms with Gasteiger partial charge in [0.25, 0.3) is 5.91 Å². The second-order valence-corrected chi connectivity index (χ2v) is 4.73. The zero-order valence-corrected chi connectivity index (χ0v) is 12.5. The SMILES string of the molecule is CON(C)C(=O)c1ccccc1Nc1cccc(C(F)(F)F)c1. The molecule has 0 bridgehead atoms. The number of hydroxylamine groups is 2. The lowest BCUT2D eigenvalue weighted by atomic mass is 10.1. The summed E-state index contributed by atoms with van der Waals surface area (Å²) in [6.07, 6.45) is -4.43. The number of anilines is 2. The largest absolute Gasteiger partial charge is 0.416 e. The Morgan fingerprint density at radius 3 is 2.48 bits per heavy atom. The van der Waals surface area contributed by atoms with Crippen molar-refractivity contribution in [2.75, 3.05) is 19.5 Å². The van der Waals surface area contributed by atoms with E-state index < -0.39 is 17.6 Å². The lowest BCUT2D eigenvalue weighted by molar-refractivity contribution is -0.137. The third-order valence-electron chi connectivity index (χ3n) is 3.19. The maximum absolute atomic E-state index is 12.8. The number of rotatable bonds is 4. The van der Waals surface area contributed by atoms with Crippen molar-refractivity contribution in [3.63, 3.8) is 0 Å². The summed E-state index contributed by atoms with van der Waals surface area (Å²) in [6.45, 7) is 0. The molecule has 0 atom stereocenters. The van der Waals surface area contributed by atoms with Crippen molar-refractivity contribution in [3.8, 4) is 0 Å². The van der Waals surface area contributed by atoms with Gasteiger partial charge >= 0.3 is 6.18 Å². The second kappa shape index (κ2) is 6.70. The van der Waals surface area contributed by atoms with E-state index in [1.807, 2.05) is 0 Å². The maximum atomic E-state index is 12.8. The molecule has 0 aliphatic rings. The van der Waals surface area contributed by atoms with Gasteiger partial charge in [0.15, 0.2) is 0 Å². The van der Waals surface area contributed by atoms with E-state index >= 15 is 0 Å². The number of amides is 1. The van der Waals surface area contributed by atoms with Crippen LogP contribution in [-0.2, 0) is 11.0 Å². The average Bonchev–Trinajstić information content (AvgIpc) is 2.53. The number of alkyl halides is 3. The number of nitrogens with zero attached hydrogens (tertiary/aromatic N) is 1. The highest BCUT2D eigenvalue weighted by atomic mass is 19.4. The zero-order chi connectivity index (χ0) is 17.0. The van der Waals surface area contributed by atoms with Crippen LogP contribution in [0.2, 0.25) is 0 Å². The third kappa shape index (κ3) is 4.01. The lowest BCUT2D eigenvalue weighted by Gasteiger charge is -2.17. The Balaban J connectivity index is 2.33. The number of hydrogen-bond acceptors (Lipinski definition) is 3. The van der Waals surface area contributed by atoms with Gasteiger partial charge in [-0.2, -0.15) is 13.2 Å². The van der Waals surface area contributed by atoms with Crippen LogP contribution in [0.25, 0.3) is 0 Å². The van der Waals surface area contributed by atoms with Crippen molar-refractivity contribution in [2.24, 2.45) is 0 Å². The molecule has 0 radical (unpaired) electrons. The van der Waals surface area contributed by atoms with Crippen molar-refractivity contribution in [1.82, 2.24) is 5.06 Å². The van der Waals surface area contributed by atoms with Crippen molar-refractivity contribution < 1.29 is 22.8 Å². The summed E-state index contributed by atoms with van der Waals surface area (Å²) in [4.78, 5) is 17.0. The van der Waals surface area contributed by atoms with E-state index in [-0.39, 0.29) is 11.3 Å². The molecule has 1 N–H and O–H groups in total. The number of para-hydroxylation sites is 1. The first-order valence-corrected chi connectivity index (χ1v) is 6.68. The van der Waals surface area contributed by atoms with E-state index in [1.165, 1.54) is 26.3 Å². The van der Waals surface area contributed by atoms with Crippen molar-refractivity contribution in [3.05, 3.63) is 59.7 Å². The summed E-state index contributed by atoms with van der Waals surface area (Å²) in [5, 5.41) is 3.88. The van der Waals surface area contributed by atoms with Crippen LogP contribution in [0.3, 0.4) is 0 Å². The van der Waals surface area contributed by atoms with Crippen LogP contribution in [0.15, 0.2) is 48.5 Å². The summed E-state index contributed by atoms with van der Waals surface area (Å²) in [5.41, 5.74) is 0.149. The molecule has 2 aromatic rings. The van der Waals surface area contributed by atoms with Gasteiger partial charge < -0.3 is 5.32 Å². The Morgan fingerprint density at radius 2 is 1.83 bits per heavy atom. The molecule has 0 saturated heterocycles. The molecule has 0 fully saturated rings. The fourth-order valence-corrected chi connectivity index (χ4v) is 1.96. The topological polar surface area (TPSA) is 41.6 Å². The van der Waals surface area contributed by atoms with E-state index in [4.69, 9.17) is 4.84 Å². The summed E-state index contributed by atoms with van der Waals surface area (Å²) < 4.78 is 38.3. The van der Waals surface area contributed by atoms with Crippen molar-refractivity contribution in [1.29, 1.82) is 0 Å². The zero-order valence-electron chi connectivity index (χ0n) is 12.5. The van der Waals surface area contributed by atoms with E-state index in [2.05, 4.69) is 5.32 Å². The quantitative estimate of drug-likeness (QED) is 0.862. The molecular weight excluding hydrogens is 309 g/mol. The number of nitrogens with one attached hydrogen (secondary N) is 1. The predicted molar refractivity (Wildman–Crippen MR) is 80.3 cm³/mol. The molecular formula is C16H15F3N2O2. The first kappa shape index (κ1) is 16.8. The van der Waals surface area contributed by atoms with E-state index in [0.29, 0.717) is 5.69 Å². The molecule has 0 aliphatic heterocycles. The molecule has 7 heteroatoms. The Kier molecular flexibility index (Phi) is 4.90. The van der Waals surface area contributed by atoms with Gasteiger partial charge in [-0.15, -0.1) is 0 Å². The van der Waals surface area contributed by atoms with Crippen LogP contribution in [0.4, 0.5) is 24.5 Å². The highest BCUT2D eigenvalue weighted by molar-refractivity contribution is 5.99. The van der Waals surface area contributed by atoms with Crippen LogP contribution >= 0.6 is 0 Å². The van der Waals surface area contributed by atoms with Crippen LogP contribution in [-0.4, -0.2) is 25.1 Å². The fourth-order valence-electron chi connectivity index (χ4n) is 1.96. The lowest BCUT2D eigenvalue weighted by Crippen LogP contribution is -2.26. The average molecular weight is 324 g/mol. The first-order chi connectivity index (χ1) is 10.8. The number of halogens is 3. The Labute approximate surface area is 131 Å². The van der Waals surface area contributed by atoms with Gasteiger partial charge in [0.1, 0.15) is 0 Å². The molecule has 0 aliphatic carbocycles. The Hall–Kier alpha value is -2.54. The molecule has 1 amide bonds. The maximum Gasteiger partial charge on any atom is 0.416 e. The normalized spacial score (nSPS) is 11.2. The van der Waals surface area contributed by atoms with Crippen LogP contribution in [0, 0.1) is 0 Å². The summed E-state index contributed by atoms with van der Waals surface area (Å²) >= 11 is 0. The first-order valence-electron chi connectivity index (χ1n) is 6.68. The minimum atomic E-state index is -4.43. The van der Waals surface area contributed by atoms with Gasteiger partial charge in [0, 0.05) is 12.7 Å². The van der Waals surface area contributed by atoms with E-state index in [1.54, 1.807) is 24.3 Å². The van der Waals surface area contributed by atoms with Crippen molar-refractivity contribution in [2.45, 2.75) is 6.18 Å². The standard InChI is InChI=1S/C16H15F3N2O2/c1-21(23-2)15(22)13-8-3-4-9-14(13)20-12-7-5-6-11(10-12)16(17,18)19/h3-10,20H,1-2H3. The van der Waals surface area contributed by atoms with Gasteiger partial charge in [0.2, 0.25) is 0 Å². The highest BCUT2D eigenvalue weighted by Crippen LogP contribution is 2.32. The molecule has 23 heavy (non-hydrogen) atoms. The van der Waals surface area contributed by atoms with Gasteiger partial charge in [-0.05, 0) is 30.3 Å². The summed E-state index contributed by atoms with van der Waals surface area (Å²) in [6, 6.07) is 11.3. The number of carbonyl (C=O) groups is 1. The second-order valence-electron chi connectivity index (χ2n) is 4.73. The molecule has 0 aromatic heterocycles. The third-order valence-corrected chi connectivity index (χ3v) is 3.19. The molecule has 2 aromatic carbocycles. The minimum Gasteiger partial charge on any atom is -0.355 e. The predicted octanol–water partition coefficient (Wildman–Crippen LogP) is 4.08. The van der Waals surface area contributed by atoms with Gasteiger partial charge in [-0.3, -0.25) is 9.63 Å². The molecule has 0 unspecified atom stereocenters. The van der Waals surface area contributed by atoms with E-state index in [0.717, 1.165) is 17.2 Å². The van der Waals surface area contributed by atoms with Crippen LogP contribution in [0.5, 0.6) is 0 Å². The molecule has 4 nitrogen and oxygen atoms in total. The molecule has 122 valence electrons. The molecule has 2 rings (SSSR count). The summed E-state index contributed by atoms with van der Waals surface area (Å²) in [7, 11) is 2.80. The van der Waals surface area contributed by atoms with Crippen LogP contribution in [0.1, 0.15) is 15.9 Å². The Morgan fingerprint density at radius 1 is 1.13 bits per heavy atom. The number of hydrogen-bond donors (Lipinski definition) is 1.